The van der Waals surface area contributed by atoms with Crippen molar-refractivity contribution in [1.29, 1.82) is 5.26 Å². The maximum atomic E-state index is 8.64. The fraction of sp³-hybridized carbons (Fsp3) is 0.583. The van der Waals surface area contributed by atoms with Crippen molar-refractivity contribution < 1.29 is 9.15 Å². The minimum Gasteiger partial charge on any atom is -0.449 e. The first-order chi connectivity index (χ1) is 7.64. The molecule has 86 valence electrons. The number of hydrogen-bond donors (Lipinski definition) is 1. The number of nitrogens with one attached hydrogen (secondary N) is 1. The normalized spacial score (nSPS) is 29.2. The van der Waals surface area contributed by atoms with Crippen molar-refractivity contribution in [3.63, 3.8) is 0 Å². The van der Waals surface area contributed by atoms with Gasteiger partial charge in [0, 0.05) is 12.1 Å². The summed E-state index contributed by atoms with van der Waals surface area (Å²) in [5.74, 6) is 1.15. The molecule has 1 aliphatic heterocycles. The molecule has 4 heteroatoms. The number of ether oxygens (including phenoxy) is 1. The SMILES string of the molecule is CC1OCCC1(C)NCc1ccc(C#N)o1. The van der Waals surface area contributed by atoms with Gasteiger partial charge >= 0.3 is 0 Å². The fourth-order valence-electron chi connectivity index (χ4n) is 1.89. The Bertz CT molecular complexity index is 407. The molecule has 0 aliphatic carbocycles. The highest BCUT2D eigenvalue weighted by molar-refractivity contribution is 5.19. The van der Waals surface area contributed by atoms with Crippen molar-refractivity contribution in [3.05, 3.63) is 23.7 Å². The molecule has 1 aromatic heterocycles. The first-order valence-electron chi connectivity index (χ1n) is 5.49. The third-order valence-corrected chi connectivity index (χ3v) is 3.32. The van der Waals surface area contributed by atoms with Crippen LogP contribution in [0.1, 0.15) is 31.8 Å². The van der Waals surface area contributed by atoms with E-state index < -0.39 is 0 Å². The summed E-state index contributed by atoms with van der Waals surface area (Å²) in [6.45, 7) is 5.65. The van der Waals surface area contributed by atoms with Crippen LogP contribution in [-0.2, 0) is 11.3 Å². The molecule has 16 heavy (non-hydrogen) atoms. The van der Waals surface area contributed by atoms with Gasteiger partial charge in [-0.25, -0.2) is 0 Å². The minimum absolute atomic E-state index is 0.000400. The standard InChI is InChI=1S/C12H16N2O2/c1-9-12(2,5-6-15-9)14-8-11-4-3-10(7-13)16-11/h3-4,9,14H,5-6,8H2,1-2H3. The number of hydrogen-bond acceptors (Lipinski definition) is 4. The molecule has 1 saturated heterocycles. The maximum Gasteiger partial charge on any atom is 0.203 e. The second kappa shape index (κ2) is 4.28. The van der Waals surface area contributed by atoms with Crippen LogP contribution in [0, 0.1) is 11.3 Å². The van der Waals surface area contributed by atoms with E-state index in [-0.39, 0.29) is 11.6 Å². The van der Waals surface area contributed by atoms with Gasteiger partial charge in [-0.3, -0.25) is 0 Å². The zero-order valence-electron chi connectivity index (χ0n) is 9.62. The van der Waals surface area contributed by atoms with Crippen molar-refractivity contribution >= 4 is 0 Å². The molecular weight excluding hydrogens is 204 g/mol. The lowest BCUT2D eigenvalue weighted by Gasteiger charge is -2.28. The molecule has 4 nitrogen and oxygen atoms in total. The van der Waals surface area contributed by atoms with E-state index >= 15 is 0 Å². The average Bonchev–Trinajstić information content (AvgIpc) is 2.85. The average molecular weight is 220 g/mol. The highest BCUT2D eigenvalue weighted by atomic mass is 16.5. The first kappa shape index (κ1) is 11.2. The van der Waals surface area contributed by atoms with Crippen LogP contribution in [0.2, 0.25) is 0 Å². The Kier molecular flexibility index (Phi) is 2.99. The summed E-state index contributed by atoms with van der Waals surface area (Å²) in [6, 6.07) is 5.49. The van der Waals surface area contributed by atoms with Crippen LogP contribution in [0.15, 0.2) is 16.5 Å². The molecule has 0 saturated carbocycles. The van der Waals surface area contributed by atoms with Crippen LogP contribution in [0.4, 0.5) is 0 Å². The van der Waals surface area contributed by atoms with E-state index in [0.717, 1.165) is 18.8 Å². The summed E-state index contributed by atoms with van der Waals surface area (Å²) in [5, 5.41) is 12.1. The van der Waals surface area contributed by atoms with Crippen LogP contribution in [0.5, 0.6) is 0 Å². The summed E-state index contributed by atoms with van der Waals surface area (Å²) >= 11 is 0. The molecule has 1 aliphatic rings. The van der Waals surface area contributed by atoms with Gasteiger partial charge in [0.05, 0.1) is 12.6 Å². The molecule has 0 radical (unpaired) electrons. The smallest absolute Gasteiger partial charge is 0.203 e. The van der Waals surface area contributed by atoms with Crippen molar-refractivity contribution in [3.8, 4) is 6.07 Å². The number of nitriles is 1. The molecule has 1 aromatic rings. The lowest BCUT2D eigenvalue weighted by molar-refractivity contribution is 0.0874. The fourth-order valence-corrected chi connectivity index (χ4v) is 1.89. The Labute approximate surface area is 95.2 Å². The Balaban J connectivity index is 1.94. The van der Waals surface area contributed by atoms with Gasteiger partial charge in [0.15, 0.2) is 0 Å². The molecule has 0 aromatic carbocycles. The van der Waals surface area contributed by atoms with Gasteiger partial charge in [0.25, 0.3) is 0 Å². The lowest BCUT2D eigenvalue weighted by atomic mass is 9.95. The quantitative estimate of drug-likeness (QED) is 0.844. The third-order valence-electron chi connectivity index (χ3n) is 3.32. The second-order valence-corrected chi connectivity index (χ2v) is 4.41. The van der Waals surface area contributed by atoms with Crippen LogP contribution in [-0.4, -0.2) is 18.2 Å². The lowest BCUT2D eigenvalue weighted by Crippen LogP contribution is -2.47. The zero-order valence-corrected chi connectivity index (χ0v) is 9.62. The highest BCUT2D eigenvalue weighted by Gasteiger charge is 2.36. The molecule has 1 N–H and O–H groups in total. The number of rotatable bonds is 3. The second-order valence-electron chi connectivity index (χ2n) is 4.41. The summed E-state index contributed by atoms with van der Waals surface area (Å²) in [6.07, 6.45) is 1.21. The van der Waals surface area contributed by atoms with E-state index in [2.05, 4.69) is 19.2 Å². The summed E-state index contributed by atoms with van der Waals surface area (Å²) in [4.78, 5) is 0. The first-order valence-corrected chi connectivity index (χ1v) is 5.49. The largest absolute Gasteiger partial charge is 0.449 e. The van der Waals surface area contributed by atoms with E-state index in [1.807, 2.05) is 12.1 Å². The van der Waals surface area contributed by atoms with E-state index in [1.165, 1.54) is 0 Å². The van der Waals surface area contributed by atoms with E-state index in [1.54, 1.807) is 6.07 Å². The zero-order chi connectivity index (χ0) is 11.6. The van der Waals surface area contributed by atoms with Crippen molar-refractivity contribution in [2.24, 2.45) is 0 Å². The van der Waals surface area contributed by atoms with Crippen molar-refractivity contribution in [1.82, 2.24) is 5.32 Å². The van der Waals surface area contributed by atoms with E-state index in [9.17, 15) is 0 Å². The monoisotopic (exact) mass is 220 g/mol. The minimum atomic E-state index is -0.000400. The molecule has 0 amide bonds. The predicted octanol–water partition coefficient (Wildman–Crippen LogP) is 1.81. The van der Waals surface area contributed by atoms with Gasteiger partial charge in [-0.05, 0) is 32.4 Å². The Morgan fingerprint density at radius 2 is 2.44 bits per heavy atom. The molecule has 0 spiro atoms. The molecule has 2 atom stereocenters. The molecule has 1 fully saturated rings. The van der Waals surface area contributed by atoms with Crippen LogP contribution in [0.3, 0.4) is 0 Å². The molecular formula is C12H16N2O2. The molecule has 2 unspecified atom stereocenters. The summed E-state index contributed by atoms with van der Waals surface area (Å²) in [5.41, 5.74) is -0.000400. The van der Waals surface area contributed by atoms with Crippen LogP contribution < -0.4 is 5.32 Å². The Hall–Kier alpha value is -1.31. The summed E-state index contributed by atoms with van der Waals surface area (Å²) < 4.78 is 10.8. The van der Waals surface area contributed by atoms with E-state index in [0.29, 0.717) is 12.3 Å². The number of furan rings is 1. The van der Waals surface area contributed by atoms with Crippen molar-refractivity contribution in [2.45, 2.75) is 38.5 Å². The van der Waals surface area contributed by atoms with Gasteiger partial charge in [-0.2, -0.15) is 5.26 Å². The van der Waals surface area contributed by atoms with Crippen molar-refractivity contribution in [2.75, 3.05) is 6.61 Å². The Morgan fingerprint density at radius 3 is 3.00 bits per heavy atom. The van der Waals surface area contributed by atoms with Gasteiger partial charge in [-0.15, -0.1) is 0 Å². The van der Waals surface area contributed by atoms with Gasteiger partial charge in [0.1, 0.15) is 11.8 Å². The van der Waals surface area contributed by atoms with Gasteiger partial charge in [-0.1, -0.05) is 0 Å². The van der Waals surface area contributed by atoms with E-state index in [4.69, 9.17) is 14.4 Å². The predicted molar refractivity (Wildman–Crippen MR) is 58.7 cm³/mol. The van der Waals surface area contributed by atoms with Crippen LogP contribution in [0.25, 0.3) is 0 Å². The topological polar surface area (TPSA) is 58.2 Å². The van der Waals surface area contributed by atoms with Crippen LogP contribution >= 0.6 is 0 Å². The highest BCUT2D eigenvalue weighted by Crippen LogP contribution is 2.25. The third kappa shape index (κ3) is 2.11. The van der Waals surface area contributed by atoms with Gasteiger partial charge < -0.3 is 14.5 Å². The maximum absolute atomic E-state index is 8.64. The molecule has 0 bridgehead atoms. The van der Waals surface area contributed by atoms with Gasteiger partial charge in [0.2, 0.25) is 5.76 Å². The molecule has 2 heterocycles. The molecule has 2 rings (SSSR count). The number of nitrogens with zero attached hydrogens (tertiary/aromatic N) is 1. The Morgan fingerprint density at radius 1 is 1.62 bits per heavy atom. The summed E-state index contributed by atoms with van der Waals surface area (Å²) in [7, 11) is 0.